The minimum absolute atomic E-state index is 0.122. The van der Waals surface area contributed by atoms with E-state index in [1.807, 2.05) is 47.1 Å². The topological polar surface area (TPSA) is 81.5 Å². The van der Waals surface area contributed by atoms with Gasteiger partial charge in [-0.3, -0.25) is 14.4 Å². The summed E-state index contributed by atoms with van der Waals surface area (Å²) in [4.78, 5) is 19.6. The normalized spacial score (nSPS) is 17.8. The Labute approximate surface area is 191 Å². The van der Waals surface area contributed by atoms with E-state index in [9.17, 15) is 4.79 Å². The maximum atomic E-state index is 12.8. The van der Waals surface area contributed by atoms with Crippen molar-refractivity contribution >= 4 is 17.5 Å². The third-order valence-electron chi connectivity index (χ3n) is 5.75. The van der Waals surface area contributed by atoms with Crippen LogP contribution in [0.25, 0.3) is 0 Å². The highest BCUT2D eigenvalue weighted by Gasteiger charge is 2.25. The minimum atomic E-state index is -0.188. The molecule has 0 aliphatic carbocycles. The van der Waals surface area contributed by atoms with Crippen LogP contribution in [0, 0.1) is 0 Å². The van der Waals surface area contributed by atoms with Crippen molar-refractivity contribution in [2.75, 3.05) is 20.3 Å². The molecule has 0 spiro atoms. The second kappa shape index (κ2) is 8.80. The van der Waals surface area contributed by atoms with Crippen LogP contribution in [0.15, 0.2) is 42.5 Å². The molecule has 32 heavy (non-hydrogen) atoms. The molecule has 0 bridgehead atoms. The predicted octanol–water partition coefficient (Wildman–Crippen LogP) is 2.69. The molecule has 1 N–H and O–H groups in total. The zero-order valence-electron chi connectivity index (χ0n) is 17.8. The summed E-state index contributed by atoms with van der Waals surface area (Å²) < 4.78 is 12.9. The summed E-state index contributed by atoms with van der Waals surface area (Å²) in [5, 5.41) is 8.23. The average molecular weight is 454 g/mol. The van der Waals surface area contributed by atoms with E-state index in [0.717, 1.165) is 35.8 Å². The smallest absolute Gasteiger partial charge is 0.272 e. The Morgan fingerprint density at radius 2 is 2.19 bits per heavy atom. The summed E-state index contributed by atoms with van der Waals surface area (Å²) in [5.74, 6) is 1.25. The van der Waals surface area contributed by atoms with Crippen molar-refractivity contribution < 1.29 is 14.3 Å². The monoisotopic (exact) mass is 453 g/mol. The first kappa shape index (κ1) is 20.8. The first-order chi connectivity index (χ1) is 15.6. The van der Waals surface area contributed by atoms with E-state index < -0.39 is 0 Å². The van der Waals surface area contributed by atoms with Gasteiger partial charge in [-0.1, -0.05) is 17.7 Å². The number of halogens is 1. The van der Waals surface area contributed by atoms with Crippen LogP contribution < -0.4 is 14.8 Å². The van der Waals surface area contributed by atoms with Crippen molar-refractivity contribution in [1.82, 2.24) is 25.0 Å². The number of nitrogens with one attached hydrogen (secondary N) is 1. The van der Waals surface area contributed by atoms with Crippen LogP contribution in [0.1, 0.15) is 27.4 Å². The summed E-state index contributed by atoms with van der Waals surface area (Å²) in [7, 11) is 1.62. The second-order valence-corrected chi connectivity index (χ2v) is 8.50. The molecule has 1 amide bonds. The van der Waals surface area contributed by atoms with Gasteiger partial charge in [0.2, 0.25) is 5.88 Å². The largest absolute Gasteiger partial charge is 0.491 e. The van der Waals surface area contributed by atoms with E-state index in [-0.39, 0.29) is 11.9 Å². The molecule has 1 aromatic carbocycles. The number of aromatic nitrogens is 3. The lowest BCUT2D eigenvalue weighted by atomic mass is 10.0. The third-order valence-corrected chi connectivity index (χ3v) is 5.98. The summed E-state index contributed by atoms with van der Waals surface area (Å²) in [6.45, 7) is 3.41. The van der Waals surface area contributed by atoms with Gasteiger partial charge in [0.15, 0.2) is 5.69 Å². The first-order valence-corrected chi connectivity index (χ1v) is 11.0. The number of carbonyl (C=O) groups excluding carboxylic acids is 1. The summed E-state index contributed by atoms with van der Waals surface area (Å²) in [6, 6.07) is 13.1. The Bertz CT molecular complexity index is 1150. The number of methoxy groups -OCH3 is 1. The standard InChI is InChI=1S/C23H24ClN5O3/c1-31-22-4-2-3-17(25-22)12-28-7-8-29-19(13-28)11-20(27-29)23(30)26-18-10-15-9-16(24)5-6-21(15)32-14-18/h2-6,9,11,18H,7-8,10,12-14H2,1H3,(H,26,30). The zero-order chi connectivity index (χ0) is 22.1. The molecule has 166 valence electrons. The van der Waals surface area contributed by atoms with Crippen LogP contribution in [0.3, 0.4) is 0 Å². The molecule has 2 aliphatic heterocycles. The number of hydrogen-bond acceptors (Lipinski definition) is 6. The molecular formula is C23H24ClN5O3. The fourth-order valence-electron chi connectivity index (χ4n) is 4.17. The molecule has 3 aromatic rings. The quantitative estimate of drug-likeness (QED) is 0.639. The number of pyridine rings is 1. The van der Waals surface area contributed by atoms with Gasteiger partial charge in [-0.15, -0.1) is 0 Å². The van der Waals surface area contributed by atoms with Crippen molar-refractivity contribution in [3.63, 3.8) is 0 Å². The highest BCUT2D eigenvalue weighted by molar-refractivity contribution is 6.30. The molecule has 0 saturated heterocycles. The maximum Gasteiger partial charge on any atom is 0.272 e. The van der Waals surface area contributed by atoms with E-state index in [1.165, 1.54) is 0 Å². The van der Waals surface area contributed by atoms with Crippen LogP contribution in [-0.4, -0.2) is 51.9 Å². The maximum absolute atomic E-state index is 12.8. The molecule has 2 aliphatic rings. The molecule has 1 atom stereocenters. The Morgan fingerprint density at radius 3 is 3.06 bits per heavy atom. The predicted molar refractivity (Wildman–Crippen MR) is 119 cm³/mol. The van der Waals surface area contributed by atoms with Gasteiger partial charge < -0.3 is 14.8 Å². The fourth-order valence-corrected chi connectivity index (χ4v) is 4.36. The van der Waals surface area contributed by atoms with Gasteiger partial charge in [0.1, 0.15) is 12.4 Å². The van der Waals surface area contributed by atoms with Crippen LogP contribution in [-0.2, 0) is 26.1 Å². The number of amides is 1. The molecular weight excluding hydrogens is 430 g/mol. The lowest BCUT2D eigenvalue weighted by Gasteiger charge is -2.27. The lowest BCUT2D eigenvalue weighted by molar-refractivity contribution is 0.0909. The Balaban J connectivity index is 1.22. The van der Waals surface area contributed by atoms with Gasteiger partial charge in [-0.05, 0) is 42.3 Å². The van der Waals surface area contributed by atoms with E-state index in [4.69, 9.17) is 21.1 Å². The molecule has 0 saturated carbocycles. The van der Waals surface area contributed by atoms with Gasteiger partial charge in [-0.2, -0.15) is 5.10 Å². The van der Waals surface area contributed by atoms with E-state index in [0.29, 0.717) is 42.7 Å². The number of nitrogens with zero attached hydrogens (tertiary/aromatic N) is 4. The Hall–Kier alpha value is -3.10. The van der Waals surface area contributed by atoms with Crippen LogP contribution in [0.2, 0.25) is 5.02 Å². The number of fused-ring (bicyclic) bond motifs is 2. The number of rotatable bonds is 5. The summed E-state index contributed by atoms with van der Waals surface area (Å²) >= 11 is 6.09. The highest BCUT2D eigenvalue weighted by atomic mass is 35.5. The third kappa shape index (κ3) is 4.42. The van der Waals surface area contributed by atoms with E-state index in [1.54, 1.807) is 7.11 Å². The fraction of sp³-hybridized carbons (Fsp3) is 0.348. The number of ether oxygens (including phenoxy) is 2. The summed E-state index contributed by atoms with van der Waals surface area (Å²) in [6.07, 6.45) is 0.677. The minimum Gasteiger partial charge on any atom is -0.491 e. The van der Waals surface area contributed by atoms with Crippen molar-refractivity contribution in [2.45, 2.75) is 32.1 Å². The number of hydrogen-bond donors (Lipinski definition) is 1. The van der Waals surface area contributed by atoms with Crippen molar-refractivity contribution in [3.05, 3.63) is 70.1 Å². The summed E-state index contributed by atoms with van der Waals surface area (Å²) in [5.41, 5.74) is 3.40. The van der Waals surface area contributed by atoms with Gasteiger partial charge in [0, 0.05) is 30.7 Å². The Kier molecular flexibility index (Phi) is 5.71. The van der Waals surface area contributed by atoms with Crippen LogP contribution >= 0.6 is 11.6 Å². The van der Waals surface area contributed by atoms with Gasteiger partial charge in [0.25, 0.3) is 5.91 Å². The molecule has 5 rings (SSSR count). The molecule has 1 unspecified atom stereocenters. The van der Waals surface area contributed by atoms with Gasteiger partial charge >= 0.3 is 0 Å². The van der Waals surface area contributed by atoms with Gasteiger partial charge in [0.05, 0.1) is 31.1 Å². The molecule has 8 nitrogen and oxygen atoms in total. The first-order valence-electron chi connectivity index (χ1n) is 10.6. The van der Waals surface area contributed by atoms with E-state index in [2.05, 4.69) is 20.3 Å². The second-order valence-electron chi connectivity index (χ2n) is 8.06. The zero-order valence-corrected chi connectivity index (χ0v) is 18.5. The van der Waals surface area contributed by atoms with Crippen LogP contribution in [0.4, 0.5) is 0 Å². The number of benzene rings is 1. The number of carbonyl (C=O) groups is 1. The SMILES string of the molecule is COc1cccc(CN2CCn3nc(C(=O)NC4COc5ccc(Cl)cc5C4)cc3C2)n1. The highest BCUT2D eigenvalue weighted by Crippen LogP contribution is 2.27. The van der Waals surface area contributed by atoms with Gasteiger partial charge in [-0.25, -0.2) is 4.98 Å². The van der Waals surface area contributed by atoms with Crippen molar-refractivity contribution in [3.8, 4) is 11.6 Å². The van der Waals surface area contributed by atoms with Crippen molar-refractivity contribution in [2.24, 2.45) is 0 Å². The van der Waals surface area contributed by atoms with Crippen molar-refractivity contribution in [1.29, 1.82) is 0 Å². The van der Waals surface area contributed by atoms with E-state index >= 15 is 0 Å². The lowest BCUT2D eigenvalue weighted by Crippen LogP contribution is -2.42. The molecule has 0 fully saturated rings. The van der Waals surface area contributed by atoms with Crippen LogP contribution in [0.5, 0.6) is 11.6 Å². The Morgan fingerprint density at radius 1 is 1.28 bits per heavy atom. The molecule has 2 aromatic heterocycles. The molecule has 4 heterocycles. The molecule has 0 radical (unpaired) electrons. The average Bonchev–Trinajstić information content (AvgIpc) is 3.22. The molecule has 9 heteroatoms.